The van der Waals surface area contributed by atoms with E-state index in [-0.39, 0.29) is 0 Å². The predicted octanol–water partition coefficient (Wildman–Crippen LogP) is 14.3. The van der Waals surface area contributed by atoms with Crippen LogP contribution < -0.4 is 0 Å². The van der Waals surface area contributed by atoms with Crippen molar-refractivity contribution in [2.45, 2.75) is 0 Å². The van der Waals surface area contributed by atoms with E-state index in [0.29, 0.717) is 17.5 Å². The van der Waals surface area contributed by atoms with Gasteiger partial charge in [-0.3, -0.25) is 4.98 Å². The van der Waals surface area contributed by atoms with E-state index >= 15 is 0 Å². The van der Waals surface area contributed by atoms with Crippen molar-refractivity contribution < 1.29 is 4.42 Å². The van der Waals surface area contributed by atoms with Crippen molar-refractivity contribution in [3.8, 4) is 73.4 Å². The number of hydrogen-bond acceptors (Lipinski definition) is 5. The van der Waals surface area contributed by atoms with Crippen LogP contribution in [-0.2, 0) is 0 Å². The molecule has 0 saturated carbocycles. The molecule has 0 aliphatic carbocycles. The number of rotatable bonds is 7. The Bertz CT molecular complexity index is 3560. The summed E-state index contributed by atoms with van der Waals surface area (Å²) >= 11 is 0. The molecule has 0 bridgehead atoms. The first-order chi connectivity index (χ1) is 30.7. The highest BCUT2D eigenvalue weighted by Crippen LogP contribution is 2.44. The molecule has 0 radical (unpaired) electrons. The molecule has 0 unspecified atom stereocenters. The lowest BCUT2D eigenvalue weighted by atomic mass is 9.93. The zero-order chi connectivity index (χ0) is 41.0. The fourth-order valence-electron chi connectivity index (χ4n) is 8.87. The van der Waals surface area contributed by atoms with Gasteiger partial charge in [0.1, 0.15) is 11.2 Å². The van der Waals surface area contributed by atoms with Gasteiger partial charge in [0.15, 0.2) is 17.5 Å². The summed E-state index contributed by atoms with van der Waals surface area (Å²) in [7, 11) is 0. The van der Waals surface area contributed by atoms with E-state index in [1.807, 2.05) is 85.1 Å². The highest BCUT2D eigenvalue weighted by atomic mass is 16.3. The van der Waals surface area contributed by atoms with E-state index in [0.717, 1.165) is 94.2 Å². The van der Waals surface area contributed by atoms with Crippen LogP contribution in [0.2, 0.25) is 0 Å². The smallest absolute Gasteiger partial charge is 0.166 e. The van der Waals surface area contributed by atoms with E-state index in [2.05, 4.69) is 132 Å². The first-order valence-corrected chi connectivity index (χ1v) is 20.7. The number of furan rings is 1. The first-order valence-electron chi connectivity index (χ1n) is 20.7. The van der Waals surface area contributed by atoms with Gasteiger partial charge in [-0.1, -0.05) is 164 Å². The predicted molar refractivity (Wildman–Crippen MR) is 252 cm³/mol. The highest BCUT2D eigenvalue weighted by molar-refractivity contribution is 6.20. The molecule has 0 N–H and O–H groups in total. The number of fused-ring (bicyclic) bond motifs is 6. The highest BCUT2D eigenvalue weighted by Gasteiger charge is 2.23. The Balaban J connectivity index is 1.14. The molecule has 290 valence electrons. The van der Waals surface area contributed by atoms with Crippen molar-refractivity contribution >= 4 is 43.7 Å². The van der Waals surface area contributed by atoms with Gasteiger partial charge in [-0.25, -0.2) is 15.0 Å². The fraction of sp³-hybridized carbons (Fsp3) is 0. The maximum absolute atomic E-state index is 6.78. The lowest BCUT2D eigenvalue weighted by molar-refractivity contribution is 0.669. The molecule has 0 aliphatic rings. The van der Waals surface area contributed by atoms with Crippen LogP contribution in [0.25, 0.3) is 117 Å². The first kappa shape index (κ1) is 35.5. The Morgan fingerprint density at radius 1 is 0.355 bits per heavy atom. The molecule has 0 spiro atoms. The topological polar surface area (TPSA) is 69.6 Å². The molecular weight excluding hydrogens is 759 g/mol. The molecule has 0 saturated heterocycles. The van der Waals surface area contributed by atoms with Gasteiger partial charge in [-0.15, -0.1) is 0 Å². The molecule has 0 fully saturated rings. The van der Waals surface area contributed by atoms with Crippen molar-refractivity contribution in [3.05, 3.63) is 212 Å². The number of para-hydroxylation sites is 2. The largest absolute Gasteiger partial charge is 0.456 e. The van der Waals surface area contributed by atoms with Crippen LogP contribution in [0, 0.1) is 0 Å². The third-order valence-electron chi connectivity index (χ3n) is 11.7. The standard InChI is InChI=1S/C56H35N5O/c1-5-18-36(19-6-1)41-26-13-14-27-42(41)39-32-47(56-59-54(37-20-7-2-8-21-37)58-55(60-56)38-22-9-3-10-23-38)53(57-35-39)44-29-17-31-50-52(44)46-33-45-43-28-15-16-30-48(43)61(40-24-11-4-12-25-40)49(45)34-51(46)62-50/h1-35H. The number of aromatic nitrogens is 5. The van der Waals surface area contributed by atoms with Crippen LogP contribution in [-0.4, -0.2) is 24.5 Å². The Kier molecular flexibility index (Phi) is 8.38. The van der Waals surface area contributed by atoms with Crippen LogP contribution in [0.1, 0.15) is 0 Å². The van der Waals surface area contributed by atoms with E-state index in [1.165, 1.54) is 5.39 Å². The van der Waals surface area contributed by atoms with Gasteiger partial charge in [0.25, 0.3) is 0 Å². The summed E-state index contributed by atoms with van der Waals surface area (Å²) in [5.74, 6) is 1.69. The van der Waals surface area contributed by atoms with Crippen molar-refractivity contribution in [1.82, 2.24) is 24.5 Å². The summed E-state index contributed by atoms with van der Waals surface area (Å²) in [6.45, 7) is 0. The quantitative estimate of drug-likeness (QED) is 0.161. The van der Waals surface area contributed by atoms with Gasteiger partial charge in [-0.05, 0) is 53.1 Å². The number of nitrogens with zero attached hydrogens (tertiary/aromatic N) is 5. The molecule has 6 nitrogen and oxygen atoms in total. The van der Waals surface area contributed by atoms with Crippen LogP contribution in [0.5, 0.6) is 0 Å². The van der Waals surface area contributed by atoms with E-state index in [1.54, 1.807) is 0 Å². The Hall–Kier alpha value is -8.48. The summed E-state index contributed by atoms with van der Waals surface area (Å²) in [5.41, 5.74) is 13.4. The summed E-state index contributed by atoms with van der Waals surface area (Å²) < 4.78 is 9.10. The van der Waals surface area contributed by atoms with E-state index < -0.39 is 0 Å². The molecule has 0 amide bonds. The van der Waals surface area contributed by atoms with Gasteiger partial charge in [0.2, 0.25) is 0 Å². The second-order valence-electron chi connectivity index (χ2n) is 15.4. The Morgan fingerprint density at radius 3 is 1.61 bits per heavy atom. The summed E-state index contributed by atoms with van der Waals surface area (Å²) in [6.07, 6.45) is 1.98. The van der Waals surface area contributed by atoms with Gasteiger partial charge in [0, 0.05) is 67.3 Å². The second-order valence-corrected chi connectivity index (χ2v) is 15.4. The molecule has 4 aromatic heterocycles. The minimum absolute atomic E-state index is 0.525. The lowest BCUT2D eigenvalue weighted by Crippen LogP contribution is -2.02. The Morgan fingerprint density at radius 2 is 0.919 bits per heavy atom. The monoisotopic (exact) mass is 793 g/mol. The number of hydrogen-bond donors (Lipinski definition) is 0. The minimum atomic E-state index is 0.525. The average Bonchev–Trinajstić information content (AvgIpc) is 3.89. The summed E-state index contributed by atoms with van der Waals surface area (Å²) in [6, 6.07) is 71.1. The maximum atomic E-state index is 6.78. The van der Waals surface area contributed by atoms with Crippen LogP contribution >= 0.6 is 0 Å². The zero-order valence-electron chi connectivity index (χ0n) is 33.4. The molecule has 8 aromatic carbocycles. The summed E-state index contributed by atoms with van der Waals surface area (Å²) in [4.78, 5) is 20.9. The third kappa shape index (κ3) is 5.96. The fourth-order valence-corrected chi connectivity index (χ4v) is 8.87. The van der Waals surface area contributed by atoms with Gasteiger partial charge in [0.05, 0.1) is 16.7 Å². The van der Waals surface area contributed by atoms with Gasteiger partial charge < -0.3 is 8.98 Å². The van der Waals surface area contributed by atoms with Crippen molar-refractivity contribution in [2.75, 3.05) is 0 Å². The maximum Gasteiger partial charge on any atom is 0.166 e. The van der Waals surface area contributed by atoms with Gasteiger partial charge in [-0.2, -0.15) is 0 Å². The van der Waals surface area contributed by atoms with Crippen molar-refractivity contribution in [2.24, 2.45) is 0 Å². The Labute approximate surface area is 357 Å². The normalized spacial score (nSPS) is 11.5. The molecule has 6 heteroatoms. The molecule has 0 atom stereocenters. The van der Waals surface area contributed by atoms with Crippen LogP contribution in [0.3, 0.4) is 0 Å². The number of benzene rings is 8. The van der Waals surface area contributed by atoms with E-state index in [9.17, 15) is 0 Å². The zero-order valence-corrected chi connectivity index (χ0v) is 33.4. The minimum Gasteiger partial charge on any atom is -0.456 e. The molecule has 12 aromatic rings. The van der Waals surface area contributed by atoms with Crippen LogP contribution in [0.15, 0.2) is 217 Å². The average molecular weight is 794 g/mol. The second kappa shape index (κ2) is 14.7. The number of pyridine rings is 1. The SMILES string of the molecule is c1ccc(-c2nc(-c3ccccc3)nc(-c3cc(-c4ccccc4-c4ccccc4)cnc3-c3cccc4oc5cc6c(cc5c34)c3ccccc3n6-c3ccccc3)n2)cc1. The molecule has 62 heavy (non-hydrogen) atoms. The molecule has 4 heterocycles. The third-order valence-corrected chi connectivity index (χ3v) is 11.7. The molecule has 12 rings (SSSR count). The summed E-state index contributed by atoms with van der Waals surface area (Å²) in [5, 5.41) is 4.31. The molecular formula is C56H35N5O. The van der Waals surface area contributed by atoms with Crippen molar-refractivity contribution in [1.29, 1.82) is 0 Å². The van der Waals surface area contributed by atoms with Crippen LogP contribution in [0.4, 0.5) is 0 Å². The van der Waals surface area contributed by atoms with Crippen molar-refractivity contribution in [3.63, 3.8) is 0 Å². The van der Waals surface area contributed by atoms with Gasteiger partial charge >= 0.3 is 0 Å². The lowest BCUT2D eigenvalue weighted by Gasteiger charge is -2.15. The molecule has 0 aliphatic heterocycles. The van der Waals surface area contributed by atoms with E-state index in [4.69, 9.17) is 24.4 Å².